The third kappa shape index (κ3) is 4.21. The fourth-order valence-electron chi connectivity index (χ4n) is 3.36. The van der Waals surface area contributed by atoms with Crippen molar-refractivity contribution in [1.82, 2.24) is 9.97 Å². The Labute approximate surface area is 134 Å². The molecule has 2 aliphatic rings. The summed E-state index contributed by atoms with van der Waals surface area (Å²) in [5.74, 6) is 1.88. The molecule has 4 nitrogen and oxygen atoms in total. The molecule has 0 aromatic carbocycles. The summed E-state index contributed by atoms with van der Waals surface area (Å²) in [6, 6.07) is 2.06. The van der Waals surface area contributed by atoms with E-state index in [1.165, 1.54) is 44.9 Å². The van der Waals surface area contributed by atoms with Crippen LogP contribution in [-0.4, -0.2) is 29.6 Å². The number of aryl methyl sites for hydroxylation is 1. The Hall–Kier alpha value is -1.58. The lowest BCUT2D eigenvalue weighted by molar-refractivity contribution is 0.568. The van der Waals surface area contributed by atoms with Gasteiger partial charge in [0.15, 0.2) is 0 Å². The molecule has 0 bridgehead atoms. The number of nitrogens with one attached hydrogen (secondary N) is 1. The maximum Gasteiger partial charge on any atom is 0.227 e. The van der Waals surface area contributed by atoms with Crippen molar-refractivity contribution < 1.29 is 0 Å². The van der Waals surface area contributed by atoms with Gasteiger partial charge in [-0.3, -0.25) is 0 Å². The van der Waals surface area contributed by atoms with Gasteiger partial charge in [0, 0.05) is 31.4 Å². The van der Waals surface area contributed by atoms with Gasteiger partial charge in [-0.15, -0.1) is 0 Å². The van der Waals surface area contributed by atoms with Crippen LogP contribution in [-0.2, 0) is 0 Å². The fourth-order valence-corrected chi connectivity index (χ4v) is 3.36. The molecule has 0 unspecified atom stereocenters. The number of hydrogen-bond donors (Lipinski definition) is 1. The maximum absolute atomic E-state index is 4.72. The molecule has 0 atom stereocenters. The Balaban J connectivity index is 1.58. The molecule has 3 rings (SSSR count). The molecule has 1 fully saturated rings. The van der Waals surface area contributed by atoms with E-state index in [-0.39, 0.29) is 0 Å². The van der Waals surface area contributed by atoms with Crippen molar-refractivity contribution >= 4 is 11.8 Å². The molecule has 4 heteroatoms. The van der Waals surface area contributed by atoms with Crippen LogP contribution in [0.1, 0.15) is 57.1 Å². The lowest BCUT2D eigenvalue weighted by Gasteiger charge is -2.27. The van der Waals surface area contributed by atoms with Gasteiger partial charge in [-0.2, -0.15) is 4.98 Å². The molecule has 120 valence electrons. The molecule has 0 saturated carbocycles. The molecule has 1 N–H and O–H groups in total. The standard InChI is InChI=1S/C18H28N4/c1-15-14-17(19-11-10-16-8-4-2-5-9-16)21-18(20-15)22-12-6-3-7-13-22/h8,14H,2-7,9-13H2,1H3,(H,19,20,21). The summed E-state index contributed by atoms with van der Waals surface area (Å²) >= 11 is 0. The molecule has 0 spiro atoms. The quantitative estimate of drug-likeness (QED) is 0.832. The largest absolute Gasteiger partial charge is 0.370 e. The van der Waals surface area contributed by atoms with Crippen molar-refractivity contribution in [2.24, 2.45) is 0 Å². The minimum Gasteiger partial charge on any atom is -0.370 e. The van der Waals surface area contributed by atoms with E-state index < -0.39 is 0 Å². The summed E-state index contributed by atoms with van der Waals surface area (Å²) < 4.78 is 0. The van der Waals surface area contributed by atoms with Gasteiger partial charge in [0.2, 0.25) is 5.95 Å². The molecule has 0 radical (unpaired) electrons. The van der Waals surface area contributed by atoms with Crippen LogP contribution in [0.3, 0.4) is 0 Å². The number of rotatable bonds is 5. The van der Waals surface area contributed by atoms with Crippen LogP contribution < -0.4 is 10.2 Å². The highest BCUT2D eigenvalue weighted by molar-refractivity contribution is 5.44. The van der Waals surface area contributed by atoms with E-state index in [0.717, 1.165) is 43.5 Å². The third-order valence-corrected chi connectivity index (χ3v) is 4.62. The monoisotopic (exact) mass is 300 g/mol. The van der Waals surface area contributed by atoms with Crippen LogP contribution in [0, 0.1) is 6.92 Å². The predicted octanol–water partition coefficient (Wildman–Crippen LogP) is 4.08. The van der Waals surface area contributed by atoms with Crippen molar-refractivity contribution in [2.45, 2.75) is 58.3 Å². The fraction of sp³-hybridized carbons (Fsp3) is 0.667. The first kappa shape index (κ1) is 15.3. The van der Waals surface area contributed by atoms with E-state index in [0.29, 0.717) is 0 Å². The highest BCUT2D eigenvalue weighted by atomic mass is 15.3. The minimum atomic E-state index is 0.902. The average molecular weight is 300 g/mol. The van der Waals surface area contributed by atoms with E-state index in [2.05, 4.69) is 34.3 Å². The Morgan fingerprint density at radius 2 is 1.95 bits per heavy atom. The second-order valence-corrected chi connectivity index (χ2v) is 6.53. The zero-order valence-corrected chi connectivity index (χ0v) is 13.8. The van der Waals surface area contributed by atoms with Crippen molar-refractivity contribution in [1.29, 1.82) is 0 Å². The lowest BCUT2D eigenvalue weighted by atomic mass is 9.97. The van der Waals surface area contributed by atoms with Crippen molar-refractivity contribution in [3.05, 3.63) is 23.4 Å². The Kier molecular flexibility index (Phi) is 5.30. The Bertz CT molecular complexity index is 518. The van der Waals surface area contributed by atoms with Crippen molar-refractivity contribution in [3.63, 3.8) is 0 Å². The van der Waals surface area contributed by atoms with E-state index in [1.807, 2.05) is 0 Å². The number of allylic oxidation sites excluding steroid dienone is 1. The van der Waals surface area contributed by atoms with Crippen molar-refractivity contribution in [3.8, 4) is 0 Å². The molecule has 1 aromatic heterocycles. The summed E-state index contributed by atoms with van der Waals surface area (Å²) in [5.41, 5.74) is 2.66. The van der Waals surface area contributed by atoms with Crippen LogP contribution in [0.25, 0.3) is 0 Å². The molecule has 2 heterocycles. The van der Waals surface area contributed by atoms with Gasteiger partial charge in [-0.1, -0.05) is 11.6 Å². The summed E-state index contributed by atoms with van der Waals surface area (Å²) in [6.07, 6.45) is 12.7. The SMILES string of the molecule is Cc1cc(NCCC2=CCCCC2)nc(N2CCCCC2)n1. The number of anilines is 2. The van der Waals surface area contributed by atoms with Gasteiger partial charge in [-0.25, -0.2) is 4.98 Å². The summed E-state index contributed by atoms with van der Waals surface area (Å²) in [4.78, 5) is 11.7. The van der Waals surface area contributed by atoms with E-state index in [1.54, 1.807) is 5.57 Å². The zero-order valence-electron chi connectivity index (χ0n) is 13.8. The first-order chi connectivity index (χ1) is 10.8. The van der Waals surface area contributed by atoms with Crippen LogP contribution in [0.2, 0.25) is 0 Å². The molecule has 1 aromatic rings. The summed E-state index contributed by atoms with van der Waals surface area (Å²) in [6.45, 7) is 5.22. The van der Waals surface area contributed by atoms with Crippen LogP contribution in [0.4, 0.5) is 11.8 Å². The Morgan fingerprint density at radius 1 is 1.09 bits per heavy atom. The summed E-state index contributed by atoms with van der Waals surface area (Å²) in [7, 11) is 0. The van der Waals surface area contributed by atoms with Gasteiger partial charge in [-0.05, 0) is 58.3 Å². The smallest absolute Gasteiger partial charge is 0.227 e. The molecule has 1 aliphatic carbocycles. The number of hydrogen-bond acceptors (Lipinski definition) is 4. The molecule has 0 amide bonds. The molecule has 1 saturated heterocycles. The molecular formula is C18H28N4. The number of aromatic nitrogens is 2. The topological polar surface area (TPSA) is 41.1 Å². The van der Waals surface area contributed by atoms with Gasteiger partial charge < -0.3 is 10.2 Å². The van der Waals surface area contributed by atoms with Crippen LogP contribution >= 0.6 is 0 Å². The van der Waals surface area contributed by atoms with Crippen LogP contribution in [0.5, 0.6) is 0 Å². The van der Waals surface area contributed by atoms with Crippen molar-refractivity contribution in [2.75, 3.05) is 29.9 Å². The number of piperidine rings is 1. The normalized spacial score (nSPS) is 19.0. The van der Waals surface area contributed by atoms with E-state index in [9.17, 15) is 0 Å². The second kappa shape index (κ2) is 7.61. The maximum atomic E-state index is 4.72. The minimum absolute atomic E-state index is 0.902. The third-order valence-electron chi connectivity index (χ3n) is 4.62. The second-order valence-electron chi connectivity index (χ2n) is 6.53. The van der Waals surface area contributed by atoms with Crippen LogP contribution in [0.15, 0.2) is 17.7 Å². The lowest BCUT2D eigenvalue weighted by Crippen LogP contribution is -2.31. The van der Waals surface area contributed by atoms with Gasteiger partial charge >= 0.3 is 0 Å². The molecule has 1 aliphatic heterocycles. The Morgan fingerprint density at radius 3 is 2.73 bits per heavy atom. The summed E-state index contributed by atoms with van der Waals surface area (Å²) in [5, 5.41) is 3.49. The van der Waals surface area contributed by atoms with Gasteiger partial charge in [0.1, 0.15) is 5.82 Å². The average Bonchev–Trinajstić information content (AvgIpc) is 2.56. The zero-order chi connectivity index (χ0) is 15.2. The molecule has 22 heavy (non-hydrogen) atoms. The van der Waals surface area contributed by atoms with Gasteiger partial charge in [0.05, 0.1) is 0 Å². The first-order valence-electron chi connectivity index (χ1n) is 8.84. The first-order valence-corrected chi connectivity index (χ1v) is 8.84. The van der Waals surface area contributed by atoms with E-state index in [4.69, 9.17) is 4.98 Å². The van der Waals surface area contributed by atoms with E-state index >= 15 is 0 Å². The molecular weight excluding hydrogens is 272 g/mol. The highest BCUT2D eigenvalue weighted by Crippen LogP contribution is 2.21. The number of nitrogens with zero attached hydrogens (tertiary/aromatic N) is 3. The van der Waals surface area contributed by atoms with Gasteiger partial charge in [0.25, 0.3) is 0 Å². The predicted molar refractivity (Wildman–Crippen MR) is 92.5 cm³/mol. The highest BCUT2D eigenvalue weighted by Gasteiger charge is 2.14.